The topological polar surface area (TPSA) is 29.1 Å². The zero-order valence-electron chi connectivity index (χ0n) is 5.61. The van der Waals surface area contributed by atoms with Gasteiger partial charge in [-0.15, -0.1) is 0 Å². The van der Waals surface area contributed by atoms with Gasteiger partial charge in [0, 0.05) is 0 Å². The van der Waals surface area contributed by atoms with E-state index in [1.54, 1.807) is 13.1 Å². The number of carbonyl (C=O) groups is 1. The number of nitrogens with one attached hydrogen (secondary N) is 1. The summed E-state index contributed by atoms with van der Waals surface area (Å²) >= 11 is 0. The van der Waals surface area contributed by atoms with E-state index in [0.29, 0.717) is 0 Å². The summed E-state index contributed by atoms with van der Waals surface area (Å²) in [5, 5.41) is 2.95. The third kappa shape index (κ3) is 0.969. The summed E-state index contributed by atoms with van der Waals surface area (Å²) in [5.74, 6) is 0.224. The fourth-order valence-corrected chi connectivity index (χ4v) is 0.918. The molecule has 0 aromatic rings. The molecular formula is C7H11NO. The van der Waals surface area contributed by atoms with Gasteiger partial charge in [-0.1, -0.05) is 6.58 Å². The van der Waals surface area contributed by atoms with Crippen molar-refractivity contribution in [3.8, 4) is 0 Å². The minimum Gasteiger partial charge on any atom is -0.379 e. The molecule has 0 aromatic carbocycles. The number of rotatable bonds is 3. The molecule has 1 aliphatic rings. The van der Waals surface area contributed by atoms with Gasteiger partial charge in [-0.05, 0) is 26.0 Å². The van der Waals surface area contributed by atoms with Gasteiger partial charge in [-0.25, -0.2) is 0 Å². The van der Waals surface area contributed by atoms with E-state index in [-0.39, 0.29) is 11.3 Å². The molecule has 1 saturated carbocycles. The van der Waals surface area contributed by atoms with Gasteiger partial charge in [0.25, 0.3) is 0 Å². The third-order valence-corrected chi connectivity index (χ3v) is 1.80. The molecule has 0 spiro atoms. The fraction of sp³-hybridized carbons (Fsp3) is 0.571. The minimum atomic E-state index is -0.207. The van der Waals surface area contributed by atoms with Crippen molar-refractivity contribution in [3.05, 3.63) is 12.8 Å². The molecule has 0 heterocycles. The van der Waals surface area contributed by atoms with Crippen molar-refractivity contribution in [2.75, 3.05) is 0 Å². The summed E-state index contributed by atoms with van der Waals surface area (Å²) in [6.07, 6.45) is 3.52. The lowest BCUT2D eigenvalue weighted by Gasteiger charge is -2.09. The number of hydrogen-bond acceptors (Lipinski definition) is 2. The number of carbonyl (C=O) groups excluding carboxylic acids is 1. The van der Waals surface area contributed by atoms with E-state index in [1.807, 2.05) is 0 Å². The van der Waals surface area contributed by atoms with E-state index < -0.39 is 0 Å². The zero-order valence-corrected chi connectivity index (χ0v) is 5.61. The summed E-state index contributed by atoms with van der Waals surface area (Å²) in [7, 11) is 0. The maximum absolute atomic E-state index is 10.8. The van der Waals surface area contributed by atoms with Crippen molar-refractivity contribution in [1.82, 2.24) is 5.32 Å². The van der Waals surface area contributed by atoms with Crippen molar-refractivity contribution in [3.63, 3.8) is 0 Å². The van der Waals surface area contributed by atoms with Crippen LogP contribution in [0.4, 0.5) is 0 Å². The molecule has 0 amide bonds. The molecule has 2 heteroatoms. The van der Waals surface area contributed by atoms with Crippen molar-refractivity contribution >= 4 is 5.78 Å². The Bertz CT molecular complexity index is 147. The van der Waals surface area contributed by atoms with Crippen LogP contribution in [0.5, 0.6) is 0 Å². The Balaban J connectivity index is 2.52. The highest BCUT2D eigenvalue weighted by Crippen LogP contribution is 2.35. The molecule has 9 heavy (non-hydrogen) atoms. The SMILES string of the molecule is C=CNC1(C(C)=O)CC1. The molecule has 0 radical (unpaired) electrons. The molecule has 1 aliphatic carbocycles. The summed E-state index contributed by atoms with van der Waals surface area (Å²) in [6.45, 7) is 5.12. The van der Waals surface area contributed by atoms with E-state index in [1.165, 1.54) is 0 Å². The third-order valence-electron chi connectivity index (χ3n) is 1.80. The first kappa shape index (κ1) is 6.33. The molecule has 1 fully saturated rings. The molecule has 0 saturated heterocycles. The van der Waals surface area contributed by atoms with Gasteiger partial charge in [-0.2, -0.15) is 0 Å². The van der Waals surface area contributed by atoms with Crippen LogP contribution in [0.1, 0.15) is 19.8 Å². The standard InChI is InChI=1S/C7H11NO/c1-3-8-7(4-5-7)6(2)9/h3,8H,1,4-5H2,2H3. The Morgan fingerprint density at radius 1 is 1.78 bits per heavy atom. The Kier molecular flexibility index (Phi) is 1.31. The van der Waals surface area contributed by atoms with Gasteiger partial charge in [0.05, 0.1) is 5.54 Å². The number of hydrogen-bond donors (Lipinski definition) is 1. The maximum atomic E-state index is 10.8. The van der Waals surface area contributed by atoms with Crippen LogP contribution >= 0.6 is 0 Å². The maximum Gasteiger partial charge on any atom is 0.155 e. The smallest absolute Gasteiger partial charge is 0.155 e. The van der Waals surface area contributed by atoms with Crippen LogP contribution in [-0.2, 0) is 4.79 Å². The minimum absolute atomic E-state index is 0.207. The molecule has 0 aromatic heterocycles. The second-order valence-corrected chi connectivity index (χ2v) is 2.49. The first-order chi connectivity index (χ1) is 4.21. The quantitative estimate of drug-likeness (QED) is 0.605. The molecule has 0 unspecified atom stereocenters. The normalized spacial score (nSPS) is 20.6. The number of ketones is 1. The van der Waals surface area contributed by atoms with Gasteiger partial charge in [-0.3, -0.25) is 4.79 Å². The molecular weight excluding hydrogens is 114 g/mol. The molecule has 0 bridgehead atoms. The molecule has 2 nitrogen and oxygen atoms in total. The average Bonchev–Trinajstić information content (AvgIpc) is 2.49. The van der Waals surface area contributed by atoms with Crippen LogP contribution in [0, 0.1) is 0 Å². The average molecular weight is 125 g/mol. The zero-order chi connectivity index (χ0) is 6.91. The van der Waals surface area contributed by atoms with Gasteiger partial charge in [0.1, 0.15) is 0 Å². The van der Waals surface area contributed by atoms with Crippen LogP contribution in [0.3, 0.4) is 0 Å². The van der Waals surface area contributed by atoms with Crippen molar-refractivity contribution in [1.29, 1.82) is 0 Å². The van der Waals surface area contributed by atoms with Gasteiger partial charge in [0.15, 0.2) is 5.78 Å². The monoisotopic (exact) mass is 125 g/mol. The molecule has 0 aliphatic heterocycles. The van der Waals surface area contributed by atoms with E-state index in [2.05, 4.69) is 11.9 Å². The summed E-state index contributed by atoms with van der Waals surface area (Å²) in [4.78, 5) is 10.8. The van der Waals surface area contributed by atoms with Crippen LogP contribution in [-0.4, -0.2) is 11.3 Å². The van der Waals surface area contributed by atoms with Crippen molar-refractivity contribution in [2.24, 2.45) is 0 Å². The first-order valence-corrected chi connectivity index (χ1v) is 3.11. The Labute approximate surface area is 54.9 Å². The first-order valence-electron chi connectivity index (χ1n) is 3.11. The largest absolute Gasteiger partial charge is 0.379 e. The highest BCUT2D eigenvalue weighted by Gasteiger charge is 2.46. The summed E-state index contributed by atoms with van der Waals surface area (Å²) < 4.78 is 0. The summed E-state index contributed by atoms with van der Waals surface area (Å²) in [6, 6.07) is 0. The van der Waals surface area contributed by atoms with Crippen LogP contribution in [0.2, 0.25) is 0 Å². The number of Topliss-reactive ketones (excluding diaryl/α,β-unsaturated/α-hetero) is 1. The van der Waals surface area contributed by atoms with Crippen molar-refractivity contribution in [2.45, 2.75) is 25.3 Å². The van der Waals surface area contributed by atoms with Crippen molar-refractivity contribution < 1.29 is 4.79 Å². The van der Waals surface area contributed by atoms with E-state index >= 15 is 0 Å². The lowest BCUT2D eigenvalue weighted by Crippen LogP contribution is -2.33. The van der Waals surface area contributed by atoms with Crippen LogP contribution in [0.15, 0.2) is 12.8 Å². The van der Waals surface area contributed by atoms with Crippen LogP contribution in [0.25, 0.3) is 0 Å². The lowest BCUT2D eigenvalue weighted by atomic mass is 10.2. The van der Waals surface area contributed by atoms with Gasteiger partial charge in [0.2, 0.25) is 0 Å². The summed E-state index contributed by atoms with van der Waals surface area (Å²) in [5.41, 5.74) is -0.207. The molecule has 0 atom stereocenters. The fourth-order valence-electron chi connectivity index (χ4n) is 0.918. The molecule has 1 rings (SSSR count). The highest BCUT2D eigenvalue weighted by molar-refractivity contribution is 5.89. The van der Waals surface area contributed by atoms with Crippen LogP contribution < -0.4 is 5.32 Å². The van der Waals surface area contributed by atoms with Gasteiger partial charge < -0.3 is 5.32 Å². The Hall–Kier alpha value is -0.790. The Morgan fingerprint density at radius 3 is 2.44 bits per heavy atom. The second kappa shape index (κ2) is 1.87. The van der Waals surface area contributed by atoms with Gasteiger partial charge >= 0.3 is 0 Å². The lowest BCUT2D eigenvalue weighted by molar-refractivity contribution is -0.119. The predicted molar refractivity (Wildman–Crippen MR) is 36.0 cm³/mol. The second-order valence-electron chi connectivity index (χ2n) is 2.49. The Morgan fingerprint density at radius 2 is 2.33 bits per heavy atom. The van der Waals surface area contributed by atoms with E-state index in [4.69, 9.17) is 0 Å². The highest BCUT2D eigenvalue weighted by atomic mass is 16.1. The molecule has 1 N–H and O–H groups in total. The predicted octanol–water partition coefficient (Wildman–Crippen LogP) is 0.841. The van der Waals surface area contributed by atoms with E-state index in [9.17, 15) is 4.79 Å². The van der Waals surface area contributed by atoms with E-state index in [0.717, 1.165) is 12.8 Å². The molecule has 50 valence electrons.